The van der Waals surface area contributed by atoms with E-state index in [1.807, 2.05) is 4.68 Å². The van der Waals surface area contributed by atoms with E-state index in [2.05, 4.69) is 41.5 Å². The van der Waals surface area contributed by atoms with E-state index >= 15 is 0 Å². The van der Waals surface area contributed by atoms with Crippen LogP contribution in [0.1, 0.15) is 78.7 Å². The van der Waals surface area contributed by atoms with E-state index in [1.165, 1.54) is 0 Å². The SMILES string of the molecule is Cc1ccc(Nc2ncc3cnn(CC4CCC(NC(=O)CC(C)(C)C)CC4)c3n2)cc1S(=O)(=O)CC(C)(C)CC(N)=O. The summed E-state index contributed by atoms with van der Waals surface area (Å²) in [6, 6.07) is 5.32. The van der Waals surface area contributed by atoms with Crippen molar-refractivity contribution in [1.29, 1.82) is 0 Å². The minimum absolute atomic E-state index is 0.0260. The van der Waals surface area contributed by atoms with Crippen LogP contribution in [-0.2, 0) is 26.0 Å². The molecule has 2 aromatic heterocycles. The Labute approximate surface area is 254 Å². The molecule has 0 bridgehead atoms. The number of aromatic nitrogens is 4. The van der Waals surface area contributed by atoms with E-state index in [1.54, 1.807) is 51.4 Å². The number of hydrogen-bond donors (Lipinski definition) is 3. The zero-order valence-electron chi connectivity index (χ0n) is 26.1. The summed E-state index contributed by atoms with van der Waals surface area (Å²) < 4.78 is 28.5. The molecule has 0 spiro atoms. The van der Waals surface area contributed by atoms with E-state index in [0.29, 0.717) is 35.2 Å². The highest BCUT2D eigenvalue weighted by molar-refractivity contribution is 7.91. The number of hydrogen-bond acceptors (Lipinski definition) is 8. The number of benzene rings is 1. The molecule has 0 radical (unpaired) electrons. The van der Waals surface area contributed by atoms with Crippen molar-refractivity contribution in [3.05, 3.63) is 36.2 Å². The third kappa shape index (κ3) is 8.98. The first-order valence-electron chi connectivity index (χ1n) is 14.9. The summed E-state index contributed by atoms with van der Waals surface area (Å²) in [6.45, 7) is 12.1. The molecule has 0 unspecified atom stereocenters. The van der Waals surface area contributed by atoms with Crippen molar-refractivity contribution in [2.24, 2.45) is 22.5 Å². The molecule has 1 fully saturated rings. The molecule has 2 heterocycles. The molecule has 1 aliphatic carbocycles. The van der Waals surface area contributed by atoms with Crippen LogP contribution in [0, 0.1) is 23.7 Å². The monoisotopic (exact) mass is 611 g/mol. The molecule has 3 aromatic rings. The smallest absolute Gasteiger partial charge is 0.229 e. The maximum absolute atomic E-state index is 13.3. The lowest BCUT2D eigenvalue weighted by atomic mass is 9.85. The Morgan fingerprint density at radius 2 is 1.74 bits per heavy atom. The van der Waals surface area contributed by atoms with Crippen molar-refractivity contribution < 1.29 is 18.0 Å². The molecule has 234 valence electrons. The molecule has 11 nitrogen and oxygen atoms in total. The van der Waals surface area contributed by atoms with Gasteiger partial charge in [0.15, 0.2) is 15.5 Å². The molecular weight excluding hydrogens is 566 g/mol. The first kappa shape index (κ1) is 32.4. The molecule has 0 atom stereocenters. The molecule has 0 aliphatic heterocycles. The Kier molecular flexibility index (Phi) is 9.48. The second kappa shape index (κ2) is 12.6. The van der Waals surface area contributed by atoms with Gasteiger partial charge >= 0.3 is 0 Å². The molecule has 4 rings (SSSR count). The number of amides is 2. The summed E-state index contributed by atoms with van der Waals surface area (Å²) in [7, 11) is -3.70. The first-order valence-corrected chi connectivity index (χ1v) is 16.5. The number of carbonyl (C=O) groups excluding carboxylic acids is 2. The number of nitrogens with one attached hydrogen (secondary N) is 2. The number of rotatable bonds is 11. The van der Waals surface area contributed by atoms with Crippen molar-refractivity contribution in [1.82, 2.24) is 25.1 Å². The maximum Gasteiger partial charge on any atom is 0.229 e. The van der Waals surface area contributed by atoms with Crippen LogP contribution in [0.15, 0.2) is 35.5 Å². The molecule has 1 saturated carbocycles. The van der Waals surface area contributed by atoms with Crippen molar-refractivity contribution in [3.63, 3.8) is 0 Å². The summed E-state index contributed by atoms with van der Waals surface area (Å²) in [4.78, 5) is 33.1. The molecule has 1 aromatic carbocycles. The topological polar surface area (TPSA) is 162 Å². The lowest BCUT2D eigenvalue weighted by Gasteiger charge is -2.30. The number of nitrogens with zero attached hydrogens (tertiary/aromatic N) is 4. The standard InChI is InChI=1S/C31H45N7O4S/c1-20-7-10-24(13-25(20)43(41,42)19-31(5,6)14-26(32)39)36-29-33-16-22-17-34-38(28(22)37-29)18-21-8-11-23(12-9-21)35-27(40)15-30(2,3)4/h7,10,13,16-17,21,23H,8-9,11-12,14-15,18-19H2,1-6H3,(H2,32,39)(H,35,40)(H,33,36,37). The molecule has 4 N–H and O–H groups in total. The van der Waals surface area contributed by atoms with Crippen LogP contribution in [0.5, 0.6) is 0 Å². The van der Waals surface area contributed by atoms with Crippen LogP contribution < -0.4 is 16.4 Å². The van der Waals surface area contributed by atoms with Crippen molar-refractivity contribution in [2.75, 3.05) is 11.1 Å². The maximum atomic E-state index is 13.3. The van der Waals surface area contributed by atoms with Gasteiger partial charge in [-0.3, -0.25) is 9.59 Å². The Hall–Kier alpha value is -3.54. The highest BCUT2D eigenvalue weighted by Gasteiger charge is 2.30. The quantitative estimate of drug-likeness (QED) is 0.282. The Morgan fingerprint density at radius 1 is 1.05 bits per heavy atom. The average Bonchev–Trinajstić information content (AvgIpc) is 3.25. The third-order valence-corrected chi connectivity index (χ3v) is 9.99. The van der Waals surface area contributed by atoms with E-state index in [0.717, 1.165) is 37.6 Å². The minimum Gasteiger partial charge on any atom is -0.370 e. The molecular formula is C31H45N7O4S. The van der Waals surface area contributed by atoms with Crippen molar-refractivity contribution in [3.8, 4) is 0 Å². The predicted molar refractivity (Wildman–Crippen MR) is 167 cm³/mol. The van der Waals surface area contributed by atoms with Gasteiger partial charge in [0, 0.05) is 37.3 Å². The summed E-state index contributed by atoms with van der Waals surface area (Å²) in [6.07, 6.45) is 7.83. The van der Waals surface area contributed by atoms with Gasteiger partial charge in [-0.1, -0.05) is 40.7 Å². The number of nitrogens with two attached hydrogens (primary N) is 1. The fourth-order valence-electron chi connectivity index (χ4n) is 5.81. The number of fused-ring (bicyclic) bond motifs is 1. The van der Waals surface area contributed by atoms with E-state index < -0.39 is 21.2 Å². The normalized spacial score (nSPS) is 18.0. The van der Waals surface area contributed by atoms with Crippen LogP contribution >= 0.6 is 0 Å². The van der Waals surface area contributed by atoms with E-state index in [4.69, 9.17) is 10.7 Å². The molecule has 43 heavy (non-hydrogen) atoms. The predicted octanol–water partition coefficient (Wildman–Crippen LogP) is 4.66. The Balaban J connectivity index is 1.43. The number of sulfone groups is 1. The van der Waals surface area contributed by atoms with Gasteiger partial charge in [-0.05, 0) is 67.1 Å². The fraction of sp³-hybridized carbons (Fsp3) is 0.581. The first-order chi connectivity index (χ1) is 20.0. The summed E-state index contributed by atoms with van der Waals surface area (Å²) >= 11 is 0. The zero-order chi connectivity index (χ0) is 31.6. The molecule has 12 heteroatoms. The van der Waals surface area contributed by atoms with Crippen molar-refractivity contribution in [2.45, 2.75) is 97.5 Å². The average molecular weight is 612 g/mol. The van der Waals surface area contributed by atoms with Gasteiger partial charge in [0.2, 0.25) is 17.8 Å². The van der Waals surface area contributed by atoms with Crippen LogP contribution in [-0.4, -0.2) is 51.8 Å². The lowest BCUT2D eigenvalue weighted by molar-refractivity contribution is -0.124. The molecule has 1 aliphatic rings. The molecule has 0 saturated heterocycles. The highest BCUT2D eigenvalue weighted by atomic mass is 32.2. The van der Waals surface area contributed by atoms with Gasteiger partial charge in [-0.2, -0.15) is 10.1 Å². The largest absolute Gasteiger partial charge is 0.370 e. The number of anilines is 2. The third-order valence-electron chi connectivity index (χ3n) is 7.72. The lowest BCUT2D eigenvalue weighted by Crippen LogP contribution is -2.39. The van der Waals surface area contributed by atoms with Gasteiger partial charge in [0.1, 0.15) is 0 Å². The number of carbonyl (C=O) groups is 2. The van der Waals surface area contributed by atoms with Crippen LogP contribution in [0.25, 0.3) is 11.0 Å². The fourth-order valence-corrected chi connectivity index (χ4v) is 7.96. The zero-order valence-corrected chi connectivity index (χ0v) is 26.9. The Bertz CT molecular complexity index is 1580. The van der Waals surface area contributed by atoms with Gasteiger partial charge < -0.3 is 16.4 Å². The molecule has 2 amide bonds. The van der Waals surface area contributed by atoms with Crippen LogP contribution in [0.2, 0.25) is 0 Å². The van der Waals surface area contributed by atoms with Gasteiger partial charge in [-0.25, -0.2) is 18.1 Å². The minimum atomic E-state index is -3.70. The second-order valence-corrected chi connectivity index (χ2v) is 16.0. The number of primary amides is 1. The van der Waals surface area contributed by atoms with E-state index in [-0.39, 0.29) is 34.4 Å². The summed E-state index contributed by atoms with van der Waals surface area (Å²) in [5.74, 6) is 0.137. The van der Waals surface area contributed by atoms with E-state index in [9.17, 15) is 18.0 Å². The highest BCUT2D eigenvalue weighted by Crippen LogP contribution is 2.31. The van der Waals surface area contributed by atoms with Crippen molar-refractivity contribution >= 4 is 44.3 Å². The van der Waals surface area contributed by atoms with Crippen LogP contribution in [0.3, 0.4) is 0 Å². The van der Waals surface area contributed by atoms with Gasteiger partial charge in [0.25, 0.3) is 0 Å². The summed E-state index contributed by atoms with van der Waals surface area (Å²) in [5.41, 5.74) is 6.35. The summed E-state index contributed by atoms with van der Waals surface area (Å²) in [5, 5.41) is 11.7. The second-order valence-electron chi connectivity index (χ2n) is 14.0. The van der Waals surface area contributed by atoms with Crippen LogP contribution in [0.4, 0.5) is 11.6 Å². The van der Waals surface area contributed by atoms with Gasteiger partial charge in [0.05, 0.1) is 22.2 Å². The number of aryl methyl sites for hydroxylation is 1. The van der Waals surface area contributed by atoms with Gasteiger partial charge in [-0.15, -0.1) is 0 Å². The Morgan fingerprint density at radius 3 is 2.40 bits per heavy atom.